The number of carbonyl (C=O) groups excluding carboxylic acids is 1. The standard InChI is InChI=1S/C26H25N3O2S2/c1-17-18(2)33-24-23(17)25(31)29(14-19-8-4-3-5-9-19)26(27-24)32-16-22(30)28-13-12-20-10-6-7-11-21(20)15-28/h3-11H,12-16H2,1-2H3. The Hall–Kier alpha value is -2.90. The van der Waals surface area contributed by atoms with Gasteiger partial charge < -0.3 is 4.90 Å². The molecule has 3 heterocycles. The fraction of sp³-hybridized carbons (Fsp3) is 0.269. The van der Waals surface area contributed by atoms with Crippen molar-refractivity contribution in [3.63, 3.8) is 0 Å². The van der Waals surface area contributed by atoms with Gasteiger partial charge in [0.2, 0.25) is 5.91 Å². The number of benzene rings is 2. The Morgan fingerprint density at radius 1 is 1.06 bits per heavy atom. The van der Waals surface area contributed by atoms with Crippen LogP contribution in [0, 0.1) is 13.8 Å². The highest BCUT2D eigenvalue weighted by molar-refractivity contribution is 7.99. The molecule has 0 bridgehead atoms. The zero-order chi connectivity index (χ0) is 22.9. The smallest absolute Gasteiger partial charge is 0.263 e. The number of aryl methyl sites for hydroxylation is 2. The number of thioether (sulfide) groups is 1. The van der Waals surface area contributed by atoms with Crippen LogP contribution in [0.4, 0.5) is 0 Å². The third-order valence-electron chi connectivity index (χ3n) is 6.25. The number of rotatable bonds is 5. The van der Waals surface area contributed by atoms with Crippen LogP contribution < -0.4 is 5.56 Å². The zero-order valence-corrected chi connectivity index (χ0v) is 20.3. The molecule has 33 heavy (non-hydrogen) atoms. The van der Waals surface area contributed by atoms with Gasteiger partial charge in [-0.3, -0.25) is 14.2 Å². The minimum atomic E-state index is -0.0347. The van der Waals surface area contributed by atoms with Crippen molar-refractivity contribution in [2.24, 2.45) is 0 Å². The van der Waals surface area contributed by atoms with Crippen LogP contribution in [0.1, 0.15) is 27.1 Å². The molecule has 2 aromatic heterocycles. The molecule has 4 aromatic rings. The summed E-state index contributed by atoms with van der Waals surface area (Å²) in [7, 11) is 0. The van der Waals surface area contributed by atoms with Crippen LogP contribution in [-0.4, -0.2) is 32.7 Å². The van der Waals surface area contributed by atoms with Crippen LogP contribution in [-0.2, 0) is 24.3 Å². The number of aromatic nitrogens is 2. The lowest BCUT2D eigenvalue weighted by atomic mass is 10.00. The van der Waals surface area contributed by atoms with Gasteiger partial charge in [0.15, 0.2) is 5.16 Å². The molecule has 0 spiro atoms. The van der Waals surface area contributed by atoms with E-state index in [0.717, 1.165) is 33.8 Å². The van der Waals surface area contributed by atoms with E-state index in [0.29, 0.717) is 23.6 Å². The maximum Gasteiger partial charge on any atom is 0.263 e. The van der Waals surface area contributed by atoms with Gasteiger partial charge in [0.1, 0.15) is 4.83 Å². The molecule has 0 atom stereocenters. The first-order valence-electron chi connectivity index (χ1n) is 11.0. The molecule has 1 aliphatic heterocycles. The molecule has 0 aliphatic carbocycles. The van der Waals surface area contributed by atoms with E-state index >= 15 is 0 Å². The second-order valence-corrected chi connectivity index (χ2v) is 10.5. The van der Waals surface area contributed by atoms with E-state index in [1.807, 2.05) is 61.2 Å². The van der Waals surface area contributed by atoms with E-state index in [1.165, 1.54) is 22.9 Å². The zero-order valence-electron chi connectivity index (χ0n) is 18.7. The summed E-state index contributed by atoms with van der Waals surface area (Å²) in [5.41, 5.74) is 4.53. The number of fused-ring (bicyclic) bond motifs is 2. The molecule has 0 saturated carbocycles. The molecule has 0 fully saturated rings. The Kier molecular flexibility index (Phi) is 6.08. The average Bonchev–Trinajstić information content (AvgIpc) is 3.13. The Labute approximate surface area is 201 Å². The van der Waals surface area contributed by atoms with Crippen LogP contribution in [0.25, 0.3) is 10.2 Å². The van der Waals surface area contributed by atoms with E-state index in [9.17, 15) is 9.59 Å². The summed E-state index contributed by atoms with van der Waals surface area (Å²) >= 11 is 2.90. The van der Waals surface area contributed by atoms with Gasteiger partial charge in [-0.05, 0) is 42.5 Å². The first kappa shape index (κ1) is 21.9. The van der Waals surface area contributed by atoms with E-state index in [2.05, 4.69) is 12.1 Å². The molecular formula is C26H25N3O2S2. The summed E-state index contributed by atoms with van der Waals surface area (Å²) in [6, 6.07) is 18.2. The lowest BCUT2D eigenvalue weighted by molar-refractivity contribution is -0.129. The van der Waals surface area contributed by atoms with Gasteiger partial charge >= 0.3 is 0 Å². The summed E-state index contributed by atoms with van der Waals surface area (Å²) < 4.78 is 1.72. The highest BCUT2D eigenvalue weighted by Gasteiger charge is 2.22. The van der Waals surface area contributed by atoms with Gasteiger partial charge in [-0.15, -0.1) is 11.3 Å². The molecule has 5 nitrogen and oxygen atoms in total. The second-order valence-electron chi connectivity index (χ2n) is 8.36. The van der Waals surface area contributed by atoms with Crippen molar-refractivity contribution in [3.05, 3.63) is 92.1 Å². The quantitative estimate of drug-likeness (QED) is 0.307. The molecule has 0 radical (unpaired) electrons. The van der Waals surface area contributed by atoms with Crippen molar-refractivity contribution >= 4 is 39.2 Å². The van der Waals surface area contributed by atoms with Gasteiger partial charge in [-0.1, -0.05) is 66.4 Å². The van der Waals surface area contributed by atoms with Gasteiger partial charge in [0, 0.05) is 18.0 Å². The van der Waals surface area contributed by atoms with Crippen LogP contribution in [0.3, 0.4) is 0 Å². The highest BCUT2D eigenvalue weighted by atomic mass is 32.2. The molecule has 1 aliphatic rings. The maximum atomic E-state index is 13.5. The summed E-state index contributed by atoms with van der Waals surface area (Å²) in [4.78, 5) is 35.1. The summed E-state index contributed by atoms with van der Waals surface area (Å²) in [5.74, 6) is 0.340. The average molecular weight is 476 g/mol. The monoisotopic (exact) mass is 475 g/mol. The van der Waals surface area contributed by atoms with Crippen molar-refractivity contribution in [1.29, 1.82) is 0 Å². The highest BCUT2D eigenvalue weighted by Crippen LogP contribution is 2.29. The molecule has 0 N–H and O–H groups in total. The minimum absolute atomic E-state index is 0.0347. The predicted octanol–water partition coefficient (Wildman–Crippen LogP) is 4.80. The molecule has 7 heteroatoms. The number of hydrogen-bond donors (Lipinski definition) is 0. The number of carbonyl (C=O) groups is 1. The van der Waals surface area contributed by atoms with Gasteiger partial charge in [-0.25, -0.2) is 4.98 Å². The van der Waals surface area contributed by atoms with Gasteiger partial charge in [0.05, 0.1) is 17.7 Å². The SMILES string of the molecule is Cc1sc2nc(SCC(=O)N3CCc4ccccc4C3)n(Cc3ccccc3)c(=O)c2c1C. The van der Waals surface area contributed by atoms with Crippen LogP contribution in [0.15, 0.2) is 64.5 Å². The van der Waals surface area contributed by atoms with E-state index in [-0.39, 0.29) is 17.2 Å². The van der Waals surface area contributed by atoms with E-state index < -0.39 is 0 Å². The van der Waals surface area contributed by atoms with Crippen molar-refractivity contribution in [1.82, 2.24) is 14.5 Å². The summed E-state index contributed by atoms with van der Waals surface area (Å²) in [5, 5.41) is 1.29. The summed E-state index contributed by atoms with van der Waals surface area (Å²) in [6.07, 6.45) is 0.878. The van der Waals surface area contributed by atoms with Crippen LogP contribution in [0.2, 0.25) is 0 Å². The van der Waals surface area contributed by atoms with Crippen molar-refractivity contribution in [3.8, 4) is 0 Å². The molecule has 5 rings (SSSR count). The topological polar surface area (TPSA) is 55.2 Å². The van der Waals surface area contributed by atoms with Crippen molar-refractivity contribution in [2.75, 3.05) is 12.3 Å². The first-order valence-corrected chi connectivity index (χ1v) is 12.8. The Morgan fingerprint density at radius 3 is 2.58 bits per heavy atom. The molecule has 2 aromatic carbocycles. The fourth-order valence-corrected chi connectivity index (χ4v) is 6.22. The van der Waals surface area contributed by atoms with Crippen molar-refractivity contribution < 1.29 is 4.79 Å². The summed E-state index contributed by atoms with van der Waals surface area (Å²) in [6.45, 7) is 5.80. The first-order chi connectivity index (χ1) is 16.0. The molecule has 168 valence electrons. The Morgan fingerprint density at radius 2 is 1.79 bits per heavy atom. The Bertz CT molecular complexity index is 1390. The second kappa shape index (κ2) is 9.15. The molecule has 1 amide bonds. The van der Waals surface area contributed by atoms with Crippen molar-refractivity contribution in [2.45, 2.75) is 38.5 Å². The van der Waals surface area contributed by atoms with E-state index in [1.54, 1.807) is 15.9 Å². The number of amides is 1. The van der Waals surface area contributed by atoms with Crippen LogP contribution in [0.5, 0.6) is 0 Å². The maximum absolute atomic E-state index is 13.5. The number of hydrogen-bond acceptors (Lipinski definition) is 5. The van der Waals surface area contributed by atoms with Gasteiger partial charge in [0.25, 0.3) is 5.56 Å². The molecular weight excluding hydrogens is 450 g/mol. The Balaban J connectivity index is 1.43. The van der Waals surface area contributed by atoms with Gasteiger partial charge in [-0.2, -0.15) is 0 Å². The predicted molar refractivity (Wildman–Crippen MR) is 135 cm³/mol. The lowest BCUT2D eigenvalue weighted by Gasteiger charge is -2.28. The third kappa shape index (κ3) is 4.35. The fourth-order valence-electron chi connectivity index (χ4n) is 4.25. The molecule has 0 saturated heterocycles. The van der Waals surface area contributed by atoms with E-state index in [4.69, 9.17) is 4.98 Å². The number of thiophene rings is 1. The lowest BCUT2D eigenvalue weighted by Crippen LogP contribution is -2.37. The number of nitrogens with zero attached hydrogens (tertiary/aromatic N) is 3. The largest absolute Gasteiger partial charge is 0.337 e. The minimum Gasteiger partial charge on any atom is -0.337 e. The van der Waals surface area contributed by atoms with Crippen LogP contribution >= 0.6 is 23.1 Å². The normalized spacial score (nSPS) is 13.3. The third-order valence-corrected chi connectivity index (χ3v) is 8.31. The molecule has 0 unspecified atom stereocenters.